The van der Waals surface area contributed by atoms with E-state index >= 15 is 0 Å². The SMILES string of the molecule is Cc1ccn2c(=O)cc(CSCc3ccc(Cl)cc3)nc2c1. The van der Waals surface area contributed by atoms with Crippen LogP contribution in [-0.2, 0) is 11.5 Å². The summed E-state index contributed by atoms with van der Waals surface area (Å²) in [6.45, 7) is 1.99. The van der Waals surface area contributed by atoms with Gasteiger partial charge in [-0.15, -0.1) is 0 Å². The number of aromatic nitrogens is 2. The van der Waals surface area contributed by atoms with Gasteiger partial charge in [0.15, 0.2) is 0 Å². The van der Waals surface area contributed by atoms with Crippen molar-refractivity contribution < 1.29 is 0 Å². The molecule has 0 amide bonds. The Kier molecular flexibility index (Phi) is 4.50. The van der Waals surface area contributed by atoms with E-state index in [2.05, 4.69) is 4.98 Å². The van der Waals surface area contributed by atoms with Crippen molar-refractivity contribution >= 4 is 29.0 Å². The van der Waals surface area contributed by atoms with Gasteiger partial charge in [-0.1, -0.05) is 23.7 Å². The van der Waals surface area contributed by atoms with Crippen LogP contribution >= 0.6 is 23.4 Å². The fourth-order valence-corrected chi connectivity index (χ4v) is 3.19. The molecule has 3 rings (SSSR count). The minimum atomic E-state index is -0.0351. The van der Waals surface area contributed by atoms with Gasteiger partial charge >= 0.3 is 0 Å². The molecule has 0 aliphatic heterocycles. The Balaban J connectivity index is 1.73. The summed E-state index contributed by atoms with van der Waals surface area (Å²) in [6, 6.07) is 13.3. The molecule has 0 aliphatic carbocycles. The molecular weight excluding hydrogens is 316 g/mol. The summed E-state index contributed by atoms with van der Waals surface area (Å²) in [5.74, 6) is 1.58. The molecule has 0 N–H and O–H groups in total. The first-order valence-corrected chi connectivity index (χ1v) is 8.46. The topological polar surface area (TPSA) is 34.4 Å². The van der Waals surface area contributed by atoms with Gasteiger partial charge < -0.3 is 0 Å². The zero-order valence-corrected chi connectivity index (χ0v) is 13.7. The van der Waals surface area contributed by atoms with Crippen LogP contribution in [0.2, 0.25) is 5.02 Å². The van der Waals surface area contributed by atoms with E-state index in [4.69, 9.17) is 11.6 Å². The molecule has 2 aromatic heterocycles. The highest BCUT2D eigenvalue weighted by atomic mass is 35.5. The third-order valence-electron chi connectivity index (χ3n) is 3.31. The number of halogens is 1. The van der Waals surface area contributed by atoms with E-state index in [9.17, 15) is 4.79 Å². The number of thioether (sulfide) groups is 1. The molecule has 0 bridgehead atoms. The maximum absolute atomic E-state index is 12.1. The monoisotopic (exact) mass is 330 g/mol. The maximum atomic E-state index is 12.1. The number of rotatable bonds is 4. The first-order chi connectivity index (χ1) is 10.6. The number of benzene rings is 1. The van der Waals surface area contributed by atoms with Crippen LogP contribution in [0.25, 0.3) is 5.65 Å². The van der Waals surface area contributed by atoms with Gasteiger partial charge in [0.2, 0.25) is 0 Å². The van der Waals surface area contributed by atoms with Gasteiger partial charge in [0, 0.05) is 28.8 Å². The molecule has 2 heterocycles. The minimum Gasteiger partial charge on any atom is -0.269 e. The summed E-state index contributed by atoms with van der Waals surface area (Å²) in [7, 11) is 0. The van der Waals surface area contributed by atoms with Gasteiger partial charge in [-0.25, -0.2) is 4.98 Å². The van der Waals surface area contributed by atoms with Crippen molar-refractivity contribution in [3.8, 4) is 0 Å². The third kappa shape index (κ3) is 3.51. The van der Waals surface area contributed by atoms with Gasteiger partial charge in [-0.05, 0) is 42.3 Å². The first-order valence-electron chi connectivity index (χ1n) is 6.93. The lowest BCUT2D eigenvalue weighted by Gasteiger charge is -2.05. The number of hydrogen-bond donors (Lipinski definition) is 0. The highest BCUT2D eigenvalue weighted by Gasteiger charge is 2.03. The molecule has 0 radical (unpaired) electrons. The average molecular weight is 331 g/mol. The van der Waals surface area contributed by atoms with Crippen molar-refractivity contribution in [2.45, 2.75) is 18.4 Å². The molecule has 0 aliphatic rings. The highest BCUT2D eigenvalue weighted by Crippen LogP contribution is 2.18. The lowest BCUT2D eigenvalue weighted by atomic mass is 10.2. The Morgan fingerprint density at radius 2 is 1.91 bits per heavy atom. The molecule has 0 spiro atoms. The van der Waals surface area contributed by atoms with Crippen LogP contribution in [-0.4, -0.2) is 9.38 Å². The molecule has 3 nitrogen and oxygen atoms in total. The van der Waals surface area contributed by atoms with E-state index in [1.807, 2.05) is 43.3 Å². The Labute approximate surface area is 138 Å². The van der Waals surface area contributed by atoms with Crippen LogP contribution < -0.4 is 5.56 Å². The van der Waals surface area contributed by atoms with E-state index in [0.29, 0.717) is 11.4 Å². The van der Waals surface area contributed by atoms with Crippen molar-refractivity contribution in [1.29, 1.82) is 0 Å². The highest BCUT2D eigenvalue weighted by molar-refractivity contribution is 7.97. The van der Waals surface area contributed by atoms with Crippen molar-refractivity contribution in [2.24, 2.45) is 0 Å². The smallest absolute Gasteiger partial charge is 0.258 e. The molecule has 22 heavy (non-hydrogen) atoms. The van der Waals surface area contributed by atoms with Crippen molar-refractivity contribution in [1.82, 2.24) is 9.38 Å². The molecule has 0 atom stereocenters. The fourth-order valence-electron chi connectivity index (χ4n) is 2.18. The molecule has 0 unspecified atom stereocenters. The van der Waals surface area contributed by atoms with Crippen LogP contribution in [0.4, 0.5) is 0 Å². The lowest BCUT2D eigenvalue weighted by Crippen LogP contribution is -2.15. The predicted molar refractivity (Wildman–Crippen MR) is 92.7 cm³/mol. The largest absolute Gasteiger partial charge is 0.269 e. The van der Waals surface area contributed by atoms with Crippen LogP contribution in [0.3, 0.4) is 0 Å². The summed E-state index contributed by atoms with van der Waals surface area (Å²) in [4.78, 5) is 16.6. The Morgan fingerprint density at radius 1 is 1.14 bits per heavy atom. The van der Waals surface area contributed by atoms with Crippen LogP contribution in [0.5, 0.6) is 0 Å². The molecule has 112 valence electrons. The zero-order chi connectivity index (χ0) is 15.5. The van der Waals surface area contributed by atoms with Crippen LogP contribution in [0.1, 0.15) is 16.8 Å². The summed E-state index contributed by atoms with van der Waals surface area (Å²) >= 11 is 7.61. The molecule has 0 fully saturated rings. The quantitative estimate of drug-likeness (QED) is 0.722. The molecule has 0 saturated heterocycles. The Morgan fingerprint density at radius 3 is 2.68 bits per heavy atom. The summed E-state index contributed by atoms with van der Waals surface area (Å²) in [5, 5.41) is 0.744. The van der Waals surface area contributed by atoms with Gasteiger partial charge in [0.25, 0.3) is 5.56 Å². The lowest BCUT2D eigenvalue weighted by molar-refractivity contribution is 1.01. The van der Waals surface area contributed by atoms with E-state index in [0.717, 1.165) is 22.0 Å². The number of fused-ring (bicyclic) bond motifs is 1. The van der Waals surface area contributed by atoms with Crippen molar-refractivity contribution in [3.63, 3.8) is 0 Å². The predicted octanol–water partition coefficient (Wildman–Crippen LogP) is 4.09. The van der Waals surface area contributed by atoms with E-state index in [1.54, 1.807) is 28.4 Å². The second-order valence-corrected chi connectivity index (χ2v) is 6.56. The second-order valence-electron chi connectivity index (χ2n) is 5.14. The zero-order valence-electron chi connectivity index (χ0n) is 12.1. The average Bonchev–Trinajstić information content (AvgIpc) is 2.49. The Hall–Kier alpha value is -1.78. The van der Waals surface area contributed by atoms with E-state index in [1.165, 1.54) is 5.56 Å². The normalized spacial score (nSPS) is 11.0. The van der Waals surface area contributed by atoms with Crippen LogP contribution in [0.15, 0.2) is 53.5 Å². The van der Waals surface area contributed by atoms with Gasteiger partial charge in [0.1, 0.15) is 5.65 Å². The van der Waals surface area contributed by atoms with Gasteiger partial charge in [0.05, 0.1) is 5.69 Å². The molecular formula is C17H15ClN2OS. The van der Waals surface area contributed by atoms with Crippen LogP contribution in [0, 0.1) is 6.92 Å². The van der Waals surface area contributed by atoms with Crippen molar-refractivity contribution in [2.75, 3.05) is 0 Å². The van der Waals surface area contributed by atoms with Gasteiger partial charge in [-0.2, -0.15) is 11.8 Å². The fraction of sp³-hybridized carbons (Fsp3) is 0.176. The van der Waals surface area contributed by atoms with E-state index in [-0.39, 0.29) is 5.56 Å². The number of pyridine rings is 1. The number of nitrogens with zero attached hydrogens (tertiary/aromatic N) is 2. The molecule has 0 saturated carbocycles. The van der Waals surface area contributed by atoms with E-state index < -0.39 is 0 Å². The summed E-state index contributed by atoms with van der Waals surface area (Å²) in [5.41, 5.74) is 3.79. The molecule has 1 aromatic carbocycles. The third-order valence-corrected chi connectivity index (χ3v) is 4.60. The Bertz CT molecular complexity index is 859. The summed E-state index contributed by atoms with van der Waals surface area (Å²) < 4.78 is 1.57. The molecule has 5 heteroatoms. The first kappa shape index (κ1) is 15.1. The minimum absolute atomic E-state index is 0.0351. The molecule has 3 aromatic rings. The van der Waals surface area contributed by atoms with Gasteiger partial charge in [-0.3, -0.25) is 9.20 Å². The standard InChI is InChI=1S/C17H15ClN2OS/c1-12-6-7-20-16(8-12)19-15(9-17(20)21)11-22-10-13-2-4-14(18)5-3-13/h2-9H,10-11H2,1H3. The maximum Gasteiger partial charge on any atom is 0.258 e. The second kappa shape index (κ2) is 6.55. The number of hydrogen-bond acceptors (Lipinski definition) is 3. The summed E-state index contributed by atoms with van der Waals surface area (Å²) in [6.07, 6.45) is 1.77. The van der Waals surface area contributed by atoms with Crippen molar-refractivity contribution in [3.05, 3.63) is 80.9 Å². The number of aryl methyl sites for hydroxylation is 1.